The third kappa shape index (κ3) is 5.91. The molecule has 1 saturated carbocycles. The molecule has 0 aliphatic heterocycles. The Labute approximate surface area is 117 Å². The van der Waals surface area contributed by atoms with Crippen LogP contribution in [0.2, 0.25) is 0 Å². The van der Waals surface area contributed by atoms with Crippen LogP contribution in [0.15, 0.2) is 0 Å². The van der Waals surface area contributed by atoms with Gasteiger partial charge in [0, 0.05) is 19.1 Å². The van der Waals surface area contributed by atoms with E-state index >= 15 is 0 Å². The van der Waals surface area contributed by atoms with Crippen molar-refractivity contribution in [1.29, 1.82) is 0 Å². The number of esters is 1. The highest BCUT2D eigenvalue weighted by atomic mass is 16.5. The van der Waals surface area contributed by atoms with Gasteiger partial charge in [-0.05, 0) is 32.1 Å². The topological polar surface area (TPSA) is 55.6 Å². The molecule has 112 valence electrons. The summed E-state index contributed by atoms with van der Waals surface area (Å²) in [6.07, 6.45) is 5.96. The SMILES string of the molecule is CCOC(=O)C(N)CCN(CC(C)C)C1CCCC1. The van der Waals surface area contributed by atoms with Crippen LogP contribution in [0.4, 0.5) is 0 Å². The summed E-state index contributed by atoms with van der Waals surface area (Å²) >= 11 is 0. The molecule has 1 fully saturated rings. The van der Waals surface area contributed by atoms with Gasteiger partial charge in [-0.1, -0.05) is 26.7 Å². The van der Waals surface area contributed by atoms with Crippen molar-refractivity contribution in [2.75, 3.05) is 19.7 Å². The van der Waals surface area contributed by atoms with E-state index in [0.29, 0.717) is 25.0 Å². The van der Waals surface area contributed by atoms with Gasteiger partial charge in [0.25, 0.3) is 0 Å². The second kappa shape index (κ2) is 8.54. The molecule has 0 heterocycles. The first kappa shape index (κ1) is 16.4. The Hall–Kier alpha value is -0.610. The Bertz CT molecular complexity index is 263. The van der Waals surface area contributed by atoms with Crippen molar-refractivity contribution in [1.82, 2.24) is 4.90 Å². The molecular formula is C15H30N2O2. The molecule has 1 atom stereocenters. The predicted octanol–water partition coefficient (Wildman–Crippen LogP) is 2.17. The first-order valence-corrected chi connectivity index (χ1v) is 7.70. The zero-order valence-electron chi connectivity index (χ0n) is 12.7. The molecular weight excluding hydrogens is 240 g/mol. The molecule has 1 rings (SSSR count). The van der Waals surface area contributed by atoms with E-state index in [9.17, 15) is 4.79 Å². The average molecular weight is 270 g/mol. The number of hydrogen-bond donors (Lipinski definition) is 1. The summed E-state index contributed by atoms with van der Waals surface area (Å²) in [5.41, 5.74) is 5.88. The second-order valence-corrected chi connectivity index (χ2v) is 5.97. The fourth-order valence-electron chi connectivity index (χ4n) is 2.83. The van der Waals surface area contributed by atoms with Gasteiger partial charge < -0.3 is 15.4 Å². The smallest absolute Gasteiger partial charge is 0.322 e. The lowest BCUT2D eigenvalue weighted by molar-refractivity contribution is -0.144. The molecule has 0 radical (unpaired) electrons. The van der Waals surface area contributed by atoms with Crippen molar-refractivity contribution < 1.29 is 9.53 Å². The van der Waals surface area contributed by atoms with E-state index in [-0.39, 0.29) is 5.97 Å². The molecule has 0 spiro atoms. The van der Waals surface area contributed by atoms with Crippen molar-refractivity contribution in [2.24, 2.45) is 11.7 Å². The summed E-state index contributed by atoms with van der Waals surface area (Å²) < 4.78 is 4.96. The van der Waals surface area contributed by atoms with E-state index < -0.39 is 6.04 Å². The normalized spacial score (nSPS) is 18.2. The number of ether oxygens (including phenoxy) is 1. The quantitative estimate of drug-likeness (QED) is 0.687. The summed E-state index contributed by atoms with van der Waals surface area (Å²) in [4.78, 5) is 14.1. The Morgan fingerprint density at radius 3 is 2.53 bits per heavy atom. The molecule has 4 nitrogen and oxygen atoms in total. The van der Waals surface area contributed by atoms with Crippen LogP contribution in [0.3, 0.4) is 0 Å². The summed E-state index contributed by atoms with van der Waals surface area (Å²) in [6, 6.07) is 0.216. The van der Waals surface area contributed by atoms with E-state index in [1.807, 2.05) is 6.92 Å². The van der Waals surface area contributed by atoms with Gasteiger partial charge in [0.15, 0.2) is 0 Å². The molecule has 2 N–H and O–H groups in total. The molecule has 0 amide bonds. The molecule has 0 saturated heterocycles. The third-order valence-electron chi connectivity index (χ3n) is 3.76. The maximum atomic E-state index is 11.5. The average Bonchev–Trinajstić information content (AvgIpc) is 2.87. The van der Waals surface area contributed by atoms with Crippen LogP contribution in [-0.4, -0.2) is 42.6 Å². The van der Waals surface area contributed by atoms with Crippen molar-refractivity contribution in [3.63, 3.8) is 0 Å². The van der Waals surface area contributed by atoms with Crippen LogP contribution >= 0.6 is 0 Å². The third-order valence-corrected chi connectivity index (χ3v) is 3.76. The molecule has 1 aliphatic rings. The van der Waals surface area contributed by atoms with Gasteiger partial charge in [-0.3, -0.25) is 4.79 Å². The zero-order valence-corrected chi connectivity index (χ0v) is 12.7. The fourth-order valence-corrected chi connectivity index (χ4v) is 2.83. The predicted molar refractivity (Wildman–Crippen MR) is 77.9 cm³/mol. The van der Waals surface area contributed by atoms with E-state index in [1.165, 1.54) is 25.7 Å². The van der Waals surface area contributed by atoms with Gasteiger partial charge in [0.1, 0.15) is 6.04 Å². The van der Waals surface area contributed by atoms with Crippen LogP contribution in [0, 0.1) is 5.92 Å². The first-order chi connectivity index (χ1) is 9.04. The standard InChI is InChI=1S/C15H30N2O2/c1-4-19-15(18)14(16)9-10-17(11-12(2)3)13-7-5-6-8-13/h12-14H,4-11,16H2,1-3H3. The van der Waals surface area contributed by atoms with E-state index in [2.05, 4.69) is 18.7 Å². The van der Waals surface area contributed by atoms with E-state index in [4.69, 9.17) is 10.5 Å². The maximum Gasteiger partial charge on any atom is 0.322 e. The van der Waals surface area contributed by atoms with Crippen molar-refractivity contribution in [2.45, 2.75) is 65.0 Å². The number of nitrogens with zero attached hydrogens (tertiary/aromatic N) is 1. The van der Waals surface area contributed by atoms with Crippen molar-refractivity contribution >= 4 is 5.97 Å². The molecule has 0 aromatic heterocycles. The lowest BCUT2D eigenvalue weighted by Crippen LogP contribution is -2.41. The minimum absolute atomic E-state index is 0.265. The molecule has 1 aliphatic carbocycles. The second-order valence-electron chi connectivity index (χ2n) is 5.97. The van der Waals surface area contributed by atoms with Crippen LogP contribution in [0.5, 0.6) is 0 Å². The highest BCUT2D eigenvalue weighted by Gasteiger charge is 2.24. The zero-order chi connectivity index (χ0) is 14.3. The van der Waals surface area contributed by atoms with Crippen LogP contribution in [0.25, 0.3) is 0 Å². The maximum absolute atomic E-state index is 11.5. The highest BCUT2D eigenvalue weighted by Crippen LogP contribution is 2.24. The molecule has 0 bridgehead atoms. The molecule has 1 unspecified atom stereocenters. The summed E-state index contributed by atoms with van der Waals surface area (Å²) in [5.74, 6) is 0.387. The number of carbonyl (C=O) groups excluding carboxylic acids is 1. The highest BCUT2D eigenvalue weighted by molar-refractivity contribution is 5.75. The van der Waals surface area contributed by atoms with E-state index in [0.717, 1.165) is 13.1 Å². The Kier molecular flexibility index (Phi) is 7.39. The first-order valence-electron chi connectivity index (χ1n) is 7.70. The summed E-state index contributed by atoms with van der Waals surface area (Å²) in [5, 5.41) is 0. The number of carbonyl (C=O) groups is 1. The minimum atomic E-state index is -0.476. The number of nitrogens with two attached hydrogens (primary N) is 1. The van der Waals surface area contributed by atoms with Gasteiger partial charge in [-0.25, -0.2) is 0 Å². The monoisotopic (exact) mass is 270 g/mol. The Balaban J connectivity index is 2.41. The lowest BCUT2D eigenvalue weighted by Gasteiger charge is -2.31. The Morgan fingerprint density at radius 1 is 1.37 bits per heavy atom. The molecule has 4 heteroatoms. The lowest BCUT2D eigenvalue weighted by atomic mass is 10.1. The largest absolute Gasteiger partial charge is 0.465 e. The van der Waals surface area contributed by atoms with Gasteiger partial charge >= 0.3 is 5.97 Å². The van der Waals surface area contributed by atoms with E-state index in [1.54, 1.807) is 0 Å². The molecule has 19 heavy (non-hydrogen) atoms. The number of rotatable bonds is 8. The van der Waals surface area contributed by atoms with Crippen molar-refractivity contribution in [3.05, 3.63) is 0 Å². The summed E-state index contributed by atoms with van der Waals surface area (Å²) in [6.45, 7) is 8.71. The molecule has 0 aromatic carbocycles. The number of hydrogen-bond acceptors (Lipinski definition) is 4. The van der Waals surface area contributed by atoms with Gasteiger partial charge in [-0.2, -0.15) is 0 Å². The summed E-state index contributed by atoms with van der Waals surface area (Å²) in [7, 11) is 0. The van der Waals surface area contributed by atoms with Gasteiger partial charge in [-0.15, -0.1) is 0 Å². The van der Waals surface area contributed by atoms with Crippen LogP contribution in [0.1, 0.15) is 52.9 Å². The Morgan fingerprint density at radius 2 is 2.00 bits per heavy atom. The van der Waals surface area contributed by atoms with Gasteiger partial charge in [0.05, 0.1) is 6.61 Å². The van der Waals surface area contributed by atoms with Crippen molar-refractivity contribution in [3.8, 4) is 0 Å². The van der Waals surface area contributed by atoms with Crippen LogP contribution in [-0.2, 0) is 9.53 Å². The molecule has 0 aromatic rings. The van der Waals surface area contributed by atoms with Gasteiger partial charge in [0.2, 0.25) is 0 Å². The minimum Gasteiger partial charge on any atom is -0.465 e. The van der Waals surface area contributed by atoms with Crippen LogP contribution < -0.4 is 5.73 Å². The fraction of sp³-hybridized carbons (Fsp3) is 0.933.